The third-order valence-corrected chi connectivity index (χ3v) is 4.14. The average molecular weight is 294 g/mol. The smallest absolute Gasteiger partial charge is 0.242 e. The van der Waals surface area contributed by atoms with Gasteiger partial charge in [-0.3, -0.25) is 4.79 Å². The molecular weight excluding hydrogens is 260 g/mol. The summed E-state index contributed by atoms with van der Waals surface area (Å²) < 4.78 is 0. The van der Waals surface area contributed by atoms with Crippen LogP contribution < -0.4 is 0 Å². The molecule has 0 atom stereocenters. The van der Waals surface area contributed by atoms with Gasteiger partial charge in [0.1, 0.15) is 0 Å². The minimum atomic E-state index is 0.0540. The highest BCUT2D eigenvalue weighted by atomic mass is 16.2. The predicted molar refractivity (Wildman–Crippen MR) is 90.1 cm³/mol. The Kier molecular flexibility index (Phi) is 5.51. The van der Waals surface area contributed by atoms with Crippen molar-refractivity contribution < 1.29 is 4.79 Å². The van der Waals surface area contributed by atoms with Gasteiger partial charge >= 0.3 is 0 Å². The molecule has 0 spiro atoms. The lowest BCUT2D eigenvalue weighted by molar-refractivity contribution is -0.131. The Labute approximate surface area is 131 Å². The molecule has 0 unspecified atom stereocenters. The zero-order valence-electron chi connectivity index (χ0n) is 15.3. The summed E-state index contributed by atoms with van der Waals surface area (Å²) in [5.41, 5.74) is 2.87. The van der Waals surface area contributed by atoms with Gasteiger partial charge < -0.3 is 9.80 Å². The minimum Gasteiger partial charge on any atom is -0.368 e. The fraction of sp³-hybridized carbons (Fsp3) is 0.833. The molecule has 0 saturated heterocycles. The van der Waals surface area contributed by atoms with E-state index in [0.29, 0.717) is 6.54 Å². The quantitative estimate of drug-likeness (QED) is 0.788. The van der Waals surface area contributed by atoms with Gasteiger partial charge in [0.2, 0.25) is 5.91 Å². The highest BCUT2D eigenvalue weighted by Crippen LogP contribution is 2.39. The molecule has 21 heavy (non-hydrogen) atoms. The summed E-state index contributed by atoms with van der Waals surface area (Å²) in [6.45, 7) is 17.8. The molecule has 0 aromatic rings. The van der Waals surface area contributed by atoms with Crippen LogP contribution in [-0.4, -0.2) is 42.4 Å². The van der Waals surface area contributed by atoms with Gasteiger partial charge in [-0.05, 0) is 17.4 Å². The van der Waals surface area contributed by atoms with E-state index in [-0.39, 0.29) is 16.7 Å². The van der Waals surface area contributed by atoms with Crippen LogP contribution in [0.25, 0.3) is 0 Å². The van der Waals surface area contributed by atoms with Crippen LogP contribution in [0.1, 0.15) is 61.3 Å². The third kappa shape index (κ3) is 4.49. The molecule has 3 heteroatoms. The minimum absolute atomic E-state index is 0.0540. The molecule has 1 rings (SSSR count). The van der Waals surface area contributed by atoms with Crippen molar-refractivity contribution in [3.63, 3.8) is 0 Å². The van der Waals surface area contributed by atoms with E-state index < -0.39 is 0 Å². The van der Waals surface area contributed by atoms with Gasteiger partial charge in [0.25, 0.3) is 0 Å². The first-order chi connectivity index (χ1) is 9.48. The van der Waals surface area contributed by atoms with Crippen molar-refractivity contribution in [1.82, 2.24) is 9.80 Å². The van der Waals surface area contributed by atoms with E-state index in [9.17, 15) is 4.79 Å². The van der Waals surface area contributed by atoms with Gasteiger partial charge in [-0.1, -0.05) is 54.9 Å². The molecule has 1 amide bonds. The molecule has 0 aliphatic carbocycles. The van der Waals surface area contributed by atoms with E-state index in [0.717, 1.165) is 25.9 Å². The summed E-state index contributed by atoms with van der Waals surface area (Å²) in [6.07, 6.45) is 2.21. The second-order valence-corrected chi connectivity index (χ2v) is 8.35. The Morgan fingerprint density at radius 3 is 2.00 bits per heavy atom. The van der Waals surface area contributed by atoms with Crippen molar-refractivity contribution in [1.29, 1.82) is 0 Å². The third-order valence-electron chi connectivity index (χ3n) is 4.14. The fourth-order valence-electron chi connectivity index (χ4n) is 3.14. The fourth-order valence-corrected chi connectivity index (χ4v) is 3.14. The molecule has 0 N–H and O–H groups in total. The molecule has 3 nitrogen and oxygen atoms in total. The lowest BCUT2D eigenvalue weighted by Crippen LogP contribution is -2.37. The summed E-state index contributed by atoms with van der Waals surface area (Å²) in [7, 11) is 2.06. The Bertz CT molecular complexity index is 410. The van der Waals surface area contributed by atoms with Gasteiger partial charge in [0.05, 0.1) is 6.54 Å². The zero-order chi connectivity index (χ0) is 16.4. The van der Waals surface area contributed by atoms with Crippen LogP contribution in [0.3, 0.4) is 0 Å². The molecule has 0 radical (unpaired) electrons. The summed E-state index contributed by atoms with van der Waals surface area (Å²) in [5, 5.41) is 0. The van der Waals surface area contributed by atoms with E-state index in [1.54, 1.807) is 0 Å². The van der Waals surface area contributed by atoms with E-state index in [4.69, 9.17) is 0 Å². The van der Waals surface area contributed by atoms with Crippen molar-refractivity contribution in [2.75, 3.05) is 26.7 Å². The number of carbonyl (C=O) groups is 1. The largest absolute Gasteiger partial charge is 0.368 e. The van der Waals surface area contributed by atoms with E-state index in [1.165, 1.54) is 11.3 Å². The molecular formula is C18H34N2O. The van der Waals surface area contributed by atoms with E-state index in [1.807, 2.05) is 0 Å². The van der Waals surface area contributed by atoms with Crippen LogP contribution in [0.2, 0.25) is 0 Å². The molecule has 1 aliphatic heterocycles. The summed E-state index contributed by atoms with van der Waals surface area (Å²) >= 11 is 0. The average Bonchev–Trinajstić information content (AvgIpc) is 2.41. The van der Waals surface area contributed by atoms with Crippen molar-refractivity contribution in [2.24, 2.45) is 10.8 Å². The normalized spacial score (nSPS) is 18.4. The predicted octanol–water partition coefficient (Wildman–Crippen LogP) is 3.91. The van der Waals surface area contributed by atoms with Crippen molar-refractivity contribution in [3.8, 4) is 0 Å². The summed E-state index contributed by atoms with van der Waals surface area (Å²) in [4.78, 5) is 16.8. The number of hydrogen-bond donors (Lipinski definition) is 0. The number of likely N-dealkylation sites (N-methyl/N-ethyl adjacent to an activating group) is 1. The first-order valence-corrected chi connectivity index (χ1v) is 8.21. The lowest BCUT2D eigenvalue weighted by atomic mass is 9.78. The van der Waals surface area contributed by atoms with Crippen LogP contribution >= 0.6 is 0 Å². The van der Waals surface area contributed by atoms with Crippen LogP contribution in [0.5, 0.6) is 0 Å². The number of amides is 1. The topological polar surface area (TPSA) is 23.6 Å². The molecule has 1 heterocycles. The molecule has 0 fully saturated rings. The van der Waals surface area contributed by atoms with E-state index >= 15 is 0 Å². The van der Waals surface area contributed by atoms with Gasteiger partial charge in [0.15, 0.2) is 0 Å². The molecule has 0 aromatic heterocycles. The second kappa shape index (κ2) is 6.41. The molecule has 1 aliphatic rings. The van der Waals surface area contributed by atoms with Crippen LogP contribution in [0.4, 0.5) is 0 Å². The van der Waals surface area contributed by atoms with Gasteiger partial charge in [0, 0.05) is 31.2 Å². The Morgan fingerprint density at radius 1 is 1.00 bits per heavy atom. The zero-order valence-corrected chi connectivity index (χ0v) is 15.3. The first kappa shape index (κ1) is 18.1. The van der Waals surface area contributed by atoms with Crippen molar-refractivity contribution in [3.05, 3.63) is 11.3 Å². The molecule has 122 valence electrons. The van der Waals surface area contributed by atoms with Gasteiger partial charge in [-0.2, -0.15) is 0 Å². The van der Waals surface area contributed by atoms with Crippen LogP contribution in [0.15, 0.2) is 11.3 Å². The van der Waals surface area contributed by atoms with Crippen LogP contribution in [0, 0.1) is 10.8 Å². The second-order valence-electron chi connectivity index (χ2n) is 8.35. The first-order valence-electron chi connectivity index (χ1n) is 8.21. The molecule has 0 bridgehead atoms. The van der Waals surface area contributed by atoms with Crippen molar-refractivity contribution in [2.45, 2.75) is 61.3 Å². The SMILES string of the molecule is CCCCN1CC(C(C)(C)C)=C(C(C)(C)C)N(C)CC1=O. The maximum atomic E-state index is 12.5. The standard InChI is InChI=1S/C18H34N2O/c1-9-10-11-20-12-14(17(2,3)4)16(18(5,6)7)19(8)13-15(20)21/h9-13H2,1-8H3. The van der Waals surface area contributed by atoms with Gasteiger partial charge in [-0.15, -0.1) is 0 Å². The number of hydrogen-bond acceptors (Lipinski definition) is 2. The highest BCUT2D eigenvalue weighted by molar-refractivity contribution is 5.79. The Morgan fingerprint density at radius 2 is 1.57 bits per heavy atom. The number of unbranched alkanes of at least 4 members (excludes halogenated alkanes) is 1. The lowest BCUT2D eigenvalue weighted by Gasteiger charge is -2.37. The number of allylic oxidation sites excluding steroid dienone is 1. The number of rotatable bonds is 3. The van der Waals surface area contributed by atoms with Crippen molar-refractivity contribution >= 4 is 5.91 Å². The molecule has 0 saturated carbocycles. The van der Waals surface area contributed by atoms with Crippen LogP contribution in [-0.2, 0) is 4.79 Å². The maximum Gasteiger partial charge on any atom is 0.242 e. The van der Waals surface area contributed by atoms with Gasteiger partial charge in [-0.25, -0.2) is 0 Å². The maximum absolute atomic E-state index is 12.5. The van der Waals surface area contributed by atoms with E-state index in [2.05, 4.69) is 65.3 Å². The summed E-state index contributed by atoms with van der Waals surface area (Å²) in [5.74, 6) is 0.256. The Hall–Kier alpha value is -0.990. The number of nitrogens with zero attached hydrogens (tertiary/aromatic N) is 2. The molecule has 0 aromatic carbocycles. The number of carbonyl (C=O) groups excluding carboxylic acids is 1. The monoisotopic (exact) mass is 294 g/mol. The highest BCUT2D eigenvalue weighted by Gasteiger charge is 2.35. The summed E-state index contributed by atoms with van der Waals surface area (Å²) in [6, 6.07) is 0. The Balaban J connectivity index is 3.29.